The van der Waals surface area contributed by atoms with Gasteiger partial charge in [-0.15, -0.1) is 4.31 Å². The van der Waals surface area contributed by atoms with Gasteiger partial charge in [0, 0.05) is 19.2 Å². The molecule has 0 aliphatic heterocycles. The van der Waals surface area contributed by atoms with E-state index in [1.807, 2.05) is 6.92 Å². The number of hydrogen-bond acceptors (Lipinski definition) is 4. The summed E-state index contributed by atoms with van der Waals surface area (Å²) >= 11 is -1.47. The van der Waals surface area contributed by atoms with Gasteiger partial charge in [-0.3, -0.25) is 0 Å². The van der Waals surface area contributed by atoms with E-state index in [9.17, 15) is 8.94 Å². The number of anilines is 1. The number of aliphatic hydroxyl groups excluding tert-OH is 1. The third-order valence-corrected chi connectivity index (χ3v) is 3.39. The van der Waals surface area contributed by atoms with Gasteiger partial charge in [0.1, 0.15) is 5.69 Å². The Morgan fingerprint density at radius 3 is 2.81 bits per heavy atom. The summed E-state index contributed by atoms with van der Waals surface area (Å²) in [6.07, 6.45) is 0. The standard InChI is InChI=1S/C10H15FN2O2S/c1-3-13(2)16(15)12-9-6-4-5-8(7-14)10(9)11/h4-6,12,14H,3,7H2,1-2H3. The minimum atomic E-state index is -1.47. The zero-order chi connectivity index (χ0) is 12.1. The fraction of sp³-hybridized carbons (Fsp3) is 0.400. The van der Waals surface area contributed by atoms with Gasteiger partial charge in [0.25, 0.3) is 0 Å². The molecule has 1 aromatic rings. The molecule has 4 nitrogen and oxygen atoms in total. The molecule has 0 fully saturated rings. The molecule has 90 valence electrons. The van der Waals surface area contributed by atoms with Gasteiger partial charge in [-0.1, -0.05) is 12.1 Å². The van der Waals surface area contributed by atoms with Gasteiger partial charge in [-0.2, -0.15) is 4.72 Å². The van der Waals surface area contributed by atoms with Gasteiger partial charge in [0.2, 0.25) is 0 Å². The summed E-state index contributed by atoms with van der Waals surface area (Å²) in [5.41, 5.74) is 0.311. The largest absolute Gasteiger partial charge is 0.573 e. The number of nitrogens with zero attached hydrogens (tertiary/aromatic N) is 1. The summed E-state index contributed by atoms with van der Waals surface area (Å²) in [5.74, 6) is -0.567. The number of benzene rings is 1. The van der Waals surface area contributed by atoms with E-state index in [1.54, 1.807) is 13.1 Å². The smallest absolute Gasteiger partial charge is 0.166 e. The van der Waals surface area contributed by atoms with Crippen molar-refractivity contribution in [3.05, 3.63) is 29.6 Å². The lowest BCUT2D eigenvalue weighted by molar-refractivity contribution is 0.276. The van der Waals surface area contributed by atoms with Crippen molar-refractivity contribution < 1.29 is 14.0 Å². The summed E-state index contributed by atoms with van der Waals surface area (Å²) in [5, 5.41) is 8.88. The van der Waals surface area contributed by atoms with E-state index in [4.69, 9.17) is 5.11 Å². The van der Waals surface area contributed by atoms with Crippen LogP contribution in [0, 0.1) is 5.82 Å². The molecule has 0 aromatic heterocycles. The molecule has 0 saturated carbocycles. The maximum Gasteiger partial charge on any atom is 0.166 e. The van der Waals surface area contributed by atoms with Crippen molar-refractivity contribution in [1.29, 1.82) is 0 Å². The topological polar surface area (TPSA) is 58.6 Å². The van der Waals surface area contributed by atoms with Crippen LogP contribution in [-0.2, 0) is 18.2 Å². The Balaban J connectivity index is 2.81. The van der Waals surface area contributed by atoms with Gasteiger partial charge in [0.15, 0.2) is 17.4 Å². The summed E-state index contributed by atoms with van der Waals surface area (Å²) < 4.78 is 29.3. The highest BCUT2D eigenvalue weighted by molar-refractivity contribution is 7.90. The van der Waals surface area contributed by atoms with E-state index in [1.165, 1.54) is 16.4 Å². The highest BCUT2D eigenvalue weighted by Gasteiger charge is 2.16. The average molecular weight is 246 g/mol. The Kier molecular flexibility index (Phi) is 5.01. The zero-order valence-corrected chi connectivity index (χ0v) is 10.1. The Morgan fingerprint density at radius 2 is 2.25 bits per heavy atom. The minimum absolute atomic E-state index is 0.130. The number of rotatable bonds is 5. The molecule has 1 atom stereocenters. The van der Waals surface area contributed by atoms with Crippen molar-refractivity contribution in [2.24, 2.45) is 0 Å². The van der Waals surface area contributed by atoms with E-state index in [0.29, 0.717) is 6.54 Å². The van der Waals surface area contributed by atoms with Crippen LogP contribution in [0.4, 0.5) is 10.1 Å². The second-order valence-corrected chi connectivity index (χ2v) is 4.56. The van der Waals surface area contributed by atoms with Crippen LogP contribution in [0.25, 0.3) is 0 Å². The maximum atomic E-state index is 13.6. The third-order valence-electron chi connectivity index (χ3n) is 2.17. The number of nitrogens with one attached hydrogen (secondary N) is 1. The predicted molar refractivity (Wildman–Crippen MR) is 62.4 cm³/mol. The Labute approximate surface area is 97.5 Å². The average Bonchev–Trinajstić information content (AvgIpc) is 2.30. The van der Waals surface area contributed by atoms with Crippen molar-refractivity contribution in [2.45, 2.75) is 13.5 Å². The van der Waals surface area contributed by atoms with Crippen molar-refractivity contribution in [1.82, 2.24) is 4.31 Å². The van der Waals surface area contributed by atoms with Crippen LogP contribution in [0.5, 0.6) is 0 Å². The van der Waals surface area contributed by atoms with Crippen molar-refractivity contribution in [2.75, 3.05) is 18.3 Å². The first-order valence-corrected chi connectivity index (χ1v) is 5.98. The van der Waals surface area contributed by atoms with E-state index in [0.717, 1.165) is 0 Å². The normalized spacial score (nSPS) is 12.9. The highest BCUT2D eigenvalue weighted by Crippen LogP contribution is 2.19. The highest BCUT2D eigenvalue weighted by atomic mass is 32.2. The Hall–Kier alpha value is -0.820. The van der Waals surface area contributed by atoms with Crippen LogP contribution in [-0.4, -0.2) is 27.6 Å². The van der Waals surface area contributed by atoms with E-state index >= 15 is 0 Å². The second-order valence-electron chi connectivity index (χ2n) is 3.23. The molecule has 16 heavy (non-hydrogen) atoms. The van der Waals surface area contributed by atoms with Gasteiger partial charge in [0.05, 0.1) is 6.61 Å². The number of aliphatic hydroxyl groups is 1. The summed E-state index contributed by atoms with van der Waals surface area (Å²) in [6, 6.07) is 4.56. The third kappa shape index (κ3) is 3.08. The molecule has 0 heterocycles. The molecule has 0 spiro atoms. The molecule has 2 N–H and O–H groups in total. The first-order valence-electron chi connectivity index (χ1n) is 4.88. The molecule has 0 aliphatic rings. The van der Waals surface area contributed by atoms with Gasteiger partial charge in [-0.25, -0.2) is 4.39 Å². The summed E-state index contributed by atoms with van der Waals surface area (Å²) in [4.78, 5) is 0. The lowest BCUT2D eigenvalue weighted by Crippen LogP contribution is -2.32. The summed E-state index contributed by atoms with van der Waals surface area (Å²) in [6.45, 7) is 2.05. The monoisotopic (exact) mass is 246 g/mol. The maximum absolute atomic E-state index is 13.6. The SMILES string of the molecule is CCN(C)[S+]([O-])Nc1cccc(CO)c1F. The van der Waals surface area contributed by atoms with Crippen molar-refractivity contribution in [3.8, 4) is 0 Å². The number of halogens is 1. The van der Waals surface area contributed by atoms with Crippen LogP contribution in [0.15, 0.2) is 18.2 Å². The summed E-state index contributed by atoms with van der Waals surface area (Å²) in [7, 11) is 1.66. The van der Waals surface area contributed by atoms with Crippen LogP contribution in [0.2, 0.25) is 0 Å². The predicted octanol–water partition coefficient (Wildman–Crippen LogP) is 1.26. The quantitative estimate of drug-likeness (QED) is 0.768. The van der Waals surface area contributed by atoms with Gasteiger partial charge >= 0.3 is 0 Å². The van der Waals surface area contributed by atoms with E-state index in [2.05, 4.69) is 4.72 Å². The zero-order valence-electron chi connectivity index (χ0n) is 9.24. The molecule has 6 heteroatoms. The first kappa shape index (κ1) is 13.2. The number of hydrogen-bond donors (Lipinski definition) is 2. The molecular weight excluding hydrogens is 231 g/mol. The lowest BCUT2D eigenvalue weighted by atomic mass is 10.2. The molecule has 0 saturated heterocycles. The molecule has 0 amide bonds. The molecule has 1 unspecified atom stereocenters. The molecule has 1 aromatic carbocycles. The fourth-order valence-electron chi connectivity index (χ4n) is 1.07. The van der Waals surface area contributed by atoms with Crippen LogP contribution in [0.1, 0.15) is 12.5 Å². The van der Waals surface area contributed by atoms with E-state index in [-0.39, 0.29) is 17.9 Å². The van der Waals surface area contributed by atoms with Crippen molar-refractivity contribution >= 4 is 17.2 Å². The van der Waals surface area contributed by atoms with Gasteiger partial charge < -0.3 is 9.66 Å². The molecule has 0 radical (unpaired) electrons. The van der Waals surface area contributed by atoms with Crippen LogP contribution in [0.3, 0.4) is 0 Å². The Bertz CT molecular complexity index is 352. The second kappa shape index (κ2) is 6.05. The lowest BCUT2D eigenvalue weighted by Gasteiger charge is -2.19. The van der Waals surface area contributed by atoms with E-state index < -0.39 is 17.4 Å². The van der Waals surface area contributed by atoms with Crippen molar-refractivity contribution in [3.63, 3.8) is 0 Å². The molecule has 0 aliphatic carbocycles. The minimum Gasteiger partial charge on any atom is -0.573 e. The van der Waals surface area contributed by atoms with Crippen LogP contribution >= 0.6 is 0 Å². The fourth-order valence-corrected chi connectivity index (χ4v) is 1.81. The first-order chi connectivity index (χ1) is 7.60. The molecule has 1 rings (SSSR count). The molecular formula is C10H15FN2O2S. The molecule has 0 bridgehead atoms. The Morgan fingerprint density at radius 1 is 1.56 bits per heavy atom. The van der Waals surface area contributed by atoms with Crippen LogP contribution < -0.4 is 4.72 Å². The van der Waals surface area contributed by atoms with Gasteiger partial charge in [-0.05, 0) is 13.0 Å².